The van der Waals surface area contributed by atoms with Crippen molar-refractivity contribution in [2.45, 2.75) is 32.2 Å². The van der Waals surface area contributed by atoms with E-state index >= 15 is 0 Å². The van der Waals surface area contributed by atoms with Crippen LogP contribution in [0.15, 0.2) is 5.29 Å². The molecule has 52 valence electrons. The Labute approximate surface area is 55.0 Å². The van der Waals surface area contributed by atoms with Gasteiger partial charge in [0.2, 0.25) is 0 Å². The molecule has 0 aromatic carbocycles. The number of hydrogen-bond acceptors (Lipinski definition) is 2. The summed E-state index contributed by atoms with van der Waals surface area (Å²) in [6.07, 6.45) is 3.48. The third-order valence-corrected chi connectivity index (χ3v) is 1.87. The van der Waals surface area contributed by atoms with E-state index in [4.69, 9.17) is 0 Å². The predicted molar refractivity (Wildman–Crippen MR) is 35.8 cm³/mol. The van der Waals surface area contributed by atoms with Crippen LogP contribution in [0.3, 0.4) is 0 Å². The normalized spacial score (nSPS) is 28.1. The summed E-state index contributed by atoms with van der Waals surface area (Å²) in [6, 6.07) is 0.372. The van der Waals surface area contributed by atoms with Gasteiger partial charge in [-0.2, -0.15) is 0 Å². The largest absolute Gasteiger partial charge is 0.258 e. The molecular formula is C6H12N2O. The monoisotopic (exact) mass is 128 g/mol. The van der Waals surface area contributed by atoms with E-state index in [-0.39, 0.29) is 0 Å². The third kappa shape index (κ3) is 1.40. The number of nitrogens with zero attached hydrogens (tertiary/aromatic N) is 2. The van der Waals surface area contributed by atoms with Crippen LogP contribution in [0.25, 0.3) is 0 Å². The second kappa shape index (κ2) is 2.80. The zero-order chi connectivity index (χ0) is 6.69. The Kier molecular flexibility index (Phi) is 2.03. The highest BCUT2D eigenvalue weighted by molar-refractivity contribution is 4.68. The number of nitroso groups, excluding NO2 is 1. The maximum atomic E-state index is 10.0. The van der Waals surface area contributed by atoms with Gasteiger partial charge in [0.1, 0.15) is 0 Å². The second-order valence-corrected chi connectivity index (χ2v) is 2.59. The van der Waals surface area contributed by atoms with Crippen LogP contribution < -0.4 is 0 Å². The molecule has 0 saturated carbocycles. The fourth-order valence-corrected chi connectivity index (χ4v) is 1.20. The van der Waals surface area contributed by atoms with E-state index < -0.39 is 0 Å². The van der Waals surface area contributed by atoms with Crippen molar-refractivity contribution < 1.29 is 0 Å². The van der Waals surface area contributed by atoms with Crippen molar-refractivity contribution in [1.82, 2.24) is 5.01 Å². The summed E-state index contributed by atoms with van der Waals surface area (Å²) >= 11 is 0. The molecule has 0 amide bonds. The highest BCUT2D eigenvalue weighted by atomic mass is 16.3. The lowest BCUT2D eigenvalue weighted by Gasteiger charge is -2.27. The lowest BCUT2D eigenvalue weighted by molar-refractivity contribution is 0.165. The minimum atomic E-state index is 0.372. The van der Waals surface area contributed by atoms with Gasteiger partial charge in [-0.15, -0.1) is 4.91 Å². The molecule has 0 aromatic heterocycles. The molecule has 1 aliphatic rings. The van der Waals surface area contributed by atoms with Crippen molar-refractivity contribution in [3.63, 3.8) is 0 Å². The van der Waals surface area contributed by atoms with Gasteiger partial charge in [0.15, 0.2) is 0 Å². The molecule has 3 nitrogen and oxygen atoms in total. The van der Waals surface area contributed by atoms with E-state index in [1.807, 2.05) is 6.92 Å². The highest BCUT2D eigenvalue weighted by Gasteiger charge is 2.16. The Morgan fingerprint density at radius 2 is 2.33 bits per heavy atom. The van der Waals surface area contributed by atoms with Crippen molar-refractivity contribution in [1.29, 1.82) is 0 Å². The van der Waals surface area contributed by atoms with Crippen molar-refractivity contribution in [3.8, 4) is 0 Å². The summed E-state index contributed by atoms with van der Waals surface area (Å²) in [5.41, 5.74) is 0. The zero-order valence-electron chi connectivity index (χ0n) is 5.71. The van der Waals surface area contributed by atoms with Crippen molar-refractivity contribution in [2.24, 2.45) is 5.29 Å². The fraction of sp³-hybridized carbons (Fsp3) is 1.00. The van der Waals surface area contributed by atoms with Crippen molar-refractivity contribution in [3.05, 3.63) is 4.91 Å². The maximum absolute atomic E-state index is 10.0. The van der Waals surface area contributed by atoms with Gasteiger partial charge in [-0.25, -0.2) is 0 Å². The zero-order valence-corrected chi connectivity index (χ0v) is 5.71. The minimum Gasteiger partial charge on any atom is -0.258 e. The van der Waals surface area contributed by atoms with Gasteiger partial charge >= 0.3 is 0 Å². The topological polar surface area (TPSA) is 32.7 Å². The van der Waals surface area contributed by atoms with Crippen LogP contribution in [0.5, 0.6) is 0 Å². The first-order valence-corrected chi connectivity index (χ1v) is 3.44. The van der Waals surface area contributed by atoms with E-state index in [2.05, 4.69) is 5.29 Å². The molecule has 1 atom stereocenters. The first kappa shape index (κ1) is 6.52. The smallest absolute Gasteiger partial charge is 0.0526 e. The molecule has 3 heteroatoms. The molecule has 1 saturated heterocycles. The molecule has 1 heterocycles. The number of hydrogen-bond donors (Lipinski definition) is 0. The molecule has 1 unspecified atom stereocenters. The van der Waals surface area contributed by atoms with Crippen LogP contribution >= 0.6 is 0 Å². The Morgan fingerprint density at radius 3 is 2.78 bits per heavy atom. The summed E-state index contributed by atoms with van der Waals surface area (Å²) in [5, 5.41) is 4.54. The average molecular weight is 128 g/mol. The van der Waals surface area contributed by atoms with Gasteiger partial charge in [-0.05, 0) is 26.2 Å². The molecule has 1 fully saturated rings. The van der Waals surface area contributed by atoms with Gasteiger partial charge in [-0.3, -0.25) is 5.01 Å². The molecule has 0 bridgehead atoms. The summed E-state index contributed by atoms with van der Waals surface area (Å²) in [6.45, 7) is 2.89. The van der Waals surface area contributed by atoms with Crippen LogP contribution in [-0.4, -0.2) is 17.6 Å². The Bertz CT molecular complexity index is 105. The molecule has 0 radical (unpaired) electrons. The standard InChI is InChI=1S/C6H12N2O/c1-6-4-2-3-5-8(6)7-9/h6H,2-5H2,1H3. The van der Waals surface area contributed by atoms with Crippen LogP contribution in [0.2, 0.25) is 0 Å². The van der Waals surface area contributed by atoms with Gasteiger partial charge in [0.25, 0.3) is 0 Å². The van der Waals surface area contributed by atoms with Crippen LogP contribution in [0.4, 0.5) is 0 Å². The molecule has 1 rings (SSSR count). The lowest BCUT2D eigenvalue weighted by Crippen LogP contribution is -2.32. The summed E-state index contributed by atoms with van der Waals surface area (Å²) < 4.78 is 0. The van der Waals surface area contributed by atoms with Crippen LogP contribution in [-0.2, 0) is 0 Å². The van der Waals surface area contributed by atoms with Crippen molar-refractivity contribution in [2.75, 3.05) is 6.54 Å². The van der Waals surface area contributed by atoms with E-state index in [1.54, 1.807) is 5.01 Å². The fourth-order valence-electron chi connectivity index (χ4n) is 1.20. The molecule has 0 aromatic rings. The number of piperidine rings is 1. The van der Waals surface area contributed by atoms with Crippen LogP contribution in [0.1, 0.15) is 26.2 Å². The molecule has 0 aliphatic carbocycles. The highest BCUT2D eigenvalue weighted by Crippen LogP contribution is 2.15. The molecular weight excluding hydrogens is 116 g/mol. The summed E-state index contributed by atoms with van der Waals surface area (Å²) in [5.74, 6) is 0. The Hall–Kier alpha value is -0.600. The van der Waals surface area contributed by atoms with E-state index in [0.717, 1.165) is 19.4 Å². The Morgan fingerprint density at radius 1 is 1.56 bits per heavy atom. The molecule has 9 heavy (non-hydrogen) atoms. The molecule has 1 aliphatic heterocycles. The molecule has 0 spiro atoms. The van der Waals surface area contributed by atoms with E-state index in [9.17, 15) is 4.91 Å². The summed E-state index contributed by atoms with van der Waals surface area (Å²) in [4.78, 5) is 10.0. The third-order valence-electron chi connectivity index (χ3n) is 1.87. The van der Waals surface area contributed by atoms with Crippen molar-refractivity contribution >= 4 is 0 Å². The van der Waals surface area contributed by atoms with Gasteiger partial charge in [-0.1, -0.05) is 0 Å². The first-order valence-electron chi connectivity index (χ1n) is 3.44. The number of rotatable bonds is 1. The van der Waals surface area contributed by atoms with Gasteiger partial charge in [0, 0.05) is 12.6 Å². The van der Waals surface area contributed by atoms with Gasteiger partial charge in [0.05, 0.1) is 5.29 Å². The van der Waals surface area contributed by atoms with E-state index in [1.165, 1.54) is 6.42 Å². The second-order valence-electron chi connectivity index (χ2n) is 2.59. The quantitative estimate of drug-likeness (QED) is 0.502. The Balaban J connectivity index is 2.38. The van der Waals surface area contributed by atoms with E-state index in [0.29, 0.717) is 6.04 Å². The maximum Gasteiger partial charge on any atom is 0.0526 e. The average Bonchev–Trinajstić information content (AvgIpc) is 1.89. The summed E-state index contributed by atoms with van der Waals surface area (Å²) in [7, 11) is 0. The lowest BCUT2D eigenvalue weighted by atomic mass is 10.1. The SMILES string of the molecule is CC1CCCCN1N=O. The minimum absolute atomic E-state index is 0.372. The van der Waals surface area contributed by atoms with Crippen LogP contribution in [0, 0.1) is 4.91 Å². The molecule has 0 N–H and O–H groups in total. The predicted octanol–water partition coefficient (Wildman–Crippen LogP) is 1.54. The van der Waals surface area contributed by atoms with Gasteiger partial charge < -0.3 is 0 Å². The first-order chi connectivity index (χ1) is 4.34.